The van der Waals surface area contributed by atoms with E-state index in [9.17, 15) is 9.59 Å². The highest BCUT2D eigenvalue weighted by Crippen LogP contribution is 2.26. The first-order valence-corrected chi connectivity index (χ1v) is 11.2. The van der Waals surface area contributed by atoms with Crippen molar-refractivity contribution in [1.29, 1.82) is 0 Å². The first kappa shape index (κ1) is 23.0. The topological polar surface area (TPSA) is 69.6 Å². The van der Waals surface area contributed by atoms with E-state index in [-0.39, 0.29) is 24.3 Å². The molecule has 0 bridgehead atoms. The molecule has 1 saturated heterocycles. The molecule has 0 N–H and O–H groups in total. The molecular weight excluding hydrogens is 414 g/mol. The normalized spacial score (nSPS) is 14.1. The van der Waals surface area contributed by atoms with Gasteiger partial charge in [-0.15, -0.1) is 10.2 Å². The zero-order chi connectivity index (χ0) is 22.4. The molecule has 1 aliphatic rings. The third-order valence-electron chi connectivity index (χ3n) is 5.40. The van der Waals surface area contributed by atoms with Crippen molar-refractivity contribution in [2.75, 3.05) is 44.2 Å². The Labute approximate surface area is 189 Å². The maximum absolute atomic E-state index is 12.7. The Kier molecular flexibility index (Phi) is 7.85. The van der Waals surface area contributed by atoms with Gasteiger partial charge in [0.05, 0.1) is 17.3 Å². The van der Waals surface area contributed by atoms with E-state index in [0.29, 0.717) is 44.2 Å². The van der Waals surface area contributed by atoms with E-state index in [1.54, 1.807) is 4.90 Å². The molecule has 1 aromatic carbocycles. The van der Waals surface area contributed by atoms with Crippen LogP contribution in [0.4, 0.5) is 5.82 Å². The van der Waals surface area contributed by atoms with Gasteiger partial charge in [0.25, 0.3) is 0 Å². The van der Waals surface area contributed by atoms with Crippen LogP contribution < -0.4 is 4.90 Å². The van der Waals surface area contributed by atoms with Crippen LogP contribution in [-0.4, -0.2) is 71.1 Å². The maximum atomic E-state index is 12.7. The Balaban J connectivity index is 1.55. The van der Waals surface area contributed by atoms with Gasteiger partial charge in [-0.25, -0.2) is 0 Å². The van der Waals surface area contributed by atoms with Crippen molar-refractivity contribution in [1.82, 2.24) is 20.0 Å². The third-order valence-corrected chi connectivity index (χ3v) is 5.73. The first-order valence-electron chi connectivity index (χ1n) is 10.8. The number of halogens is 1. The van der Waals surface area contributed by atoms with Gasteiger partial charge >= 0.3 is 0 Å². The minimum absolute atomic E-state index is 0.00115. The number of aromatic nitrogens is 2. The van der Waals surface area contributed by atoms with Crippen LogP contribution in [0.3, 0.4) is 0 Å². The van der Waals surface area contributed by atoms with E-state index in [0.717, 1.165) is 17.1 Å². The number of nitrogens with zero attached hydrogens (tertiary/aromatic N) is 5. The second kappa shape index (κ2) is 10.6. The molecule has 1 aliphatic heterocycles. The molecule has 8 heteroatoms. The Morgan fingerprint density at radius 3 is 2.35 bits per heavy atom. The van der Waals surface area contributed by atoms with Crippen molar-refractivity contribution in [2.24, 2.45) is 5.92 Å². The summed E-state index contributed by atoms with van der Waals surface area (Å²) in [5.74, 6) is 1.10. The number of carbonyl (C=O) groups is 2. The molecule has 0 aliphatic carbocycles. The standard InChI is InChI=1S/C23H30ClN5O2/c1-4-27(22(30)15-17(2)3)16-23(31)29-13-11-28(12-14-29)21-10-9-20(25-26-21)18-7-5-6-8-19(18)24/h5-10,17H,4,11-16H2,1-3H3. The molecule has 3 rings (SSSR count). The fourth-order valence-electron chi connectivity index (χ4n) is 3.61. The Morgan fingerprint density at radius 1 is 1.06 bits per heavy atom. The van der Waals surface area contributed by atoms with Gasteiger partial charge in [-0.1, -0.05) is 43.6 Å². The van der Waals surface area contributed by atoms with E-state index in [1.165, 1.54) is 0 Å². The van der Waals surface area contributed by atoms with E-state index >= 15 is 0 Å². The van der Waals surface area contributed by atoms with Gasteiger partial charge in [0.1, 0.15) is 0 Å². The summed E-state index contributed by atoms with van der Waals surface area (Å²) in [5, 5.41) is 9.34. The molecule has 7 nitrogen and oxygen atoms in total. The molecule has 1 fully saturated rings. The molecule has 1 aromatic heterocycles. The van der Waals surface area contributed by atoms with Gasteiger partial charge in [0.2, 0.25) is 11.8 Å². The highest BCUT2D eigenvalue weighted by molar-refractivity contribution is 6.33. The zero-order valence-electron chi connectivity index (χ0n) is 18.4. The van der Waals surface area contributed by atoms with Crippen LogP contribution in [0.2, 0.25) is 5.02 Å². The summed E-state index contributed by atoms with van der Waals surface area (Å²) >= 11 is 6.24. The highest BCUT2D eigenvalue weighted by Gasteiger charge is 2.25. The molecule has 31 heavy (non-hydrogen) atoms. The van der Waals surface area contributed by atoms with E-state index < -0.39 is 0 Å². The average Bonchev–Trinajstić information content (AvgIpc) is 2.77. The lowest BCUT2D eigenvalue weighted by Gasteiger charge is -2.36. The number of anilines is 1. The van der Waals surface area contributed by atoms with Crippen LogP contribution in [0.5, 0.6) is 0 Å². The highest BCUT2D eigenvalue weighted by atomic mass is 35.5. The fraction of sp³-hybridized carbons (Fsp3) is 0.478. The second-order valence-corrected chi connectivity index (χ2v) is 8.54. The summed E-state index contributed by atoms with van der Waals surface area (Å²) in [6.45, 7) is 9.18. The number of likely N-dealkylation sites (N-methyl/N-ethyl adjacent to an activating group) is 1. The number of rotatable bonds is 7. The Morgan fingerprint density at radius 2 is 1.77 bits per heavy atom. The average molecular weight is 444 g/mol. The smallest absolute Gasteiger partial charge is 0.242 e. The quantitative estimate of drug-likeness (QED) is 0.656. The van der Waals surface area contributed by atoms with Crippen molar-refractivity contribution in [3.8, 4) is 11.3 Å². The fourth-order valence-corrected chi connectivity index (χ4v) is 3.84. The number of amides is 2. The summed E-state index contributed by atoms with van der Waals surface area (Å²) in [4.78, 5) is 30.6. The van der Waals surface area contributed by atoms with Crippen LogP contribution in [0.1, 0.15) is 27.2 Å². The van der Waals surface area contributed by atoms with Crippen LogP contribution in [-0.2, 0) is 9.59 Å². The number of benzene rings is 1. The third kappa shape index (κ3) is 5.94. The Bertz CT molecular complexity index is 895. The van der Waals surface area contributed by atoms with Gasteiger partial charge in [-0.05, 0) is 31.0 Å². The molecule has 166 valence electrons. The molecular formula is C23H30ClN5O2. The van der Waals surface area contributed by atoms with E-state index in [4.69, 9.17) is 11.6 Å². The van der Waals surface area contributed by atoms with Crippen LogP contribution >= 0.6 is 11.6 Å². The molecule has 0 radical (unpaired) electrons. The van der Waals surface area contributed by atoms with Crippen molar-refractivity contribution in [3.63, 3.8) is 0 Å². The summed E-state index contributed by atoms with van der Waals surface area (Å²) < 4.78 is 0. The number of piperazine rings is 1. The summed E-state index contributed by atoms with van der Waals surface area (Å²) in [6, 6.07) is 11.4. The molecule has 0 atom stereocenters. The molecule has 0 unspecified atom stereocenters. The van der Waals surface area contributed by atoms with Crippen LogP contribution in [0, 0.1) is 5.92 Å². The number of carbonyl (C=O) groups excluding carboxylic acids is 2. The van der Waals surface area contributed by atoms with Crippen molar-refractivity contribution in [3.05, 3.63) is 41.4 Å². The van der Waals surface area contributed by atoms with Crippen LogP contribution in [0.15, 0.2) is 36.4 Å². The van der Waals surface area contributed by atoms with Gasteiger partial charge in [-0.3, -0.25) is 9.59 Å². The Hall–Kier alpha value is -2.67. The lowest BCUT2D eigenvalue weighted by Crippen LogP contribution is -2.52. The number of hydrogen-bond donors (Lipinski definition) is 0. The van der Waals surface area contributed by atoms with Crippen molar-refractivity contribution >= 4 is 29.2 Å². The summed E-state index contributed by atoms with van der Waals surface area (Å²) in [7, 11) is 0. The largest absolute Gasteiger partial charge is 0.352 e. The minimum Gasteiger partial charge on any atom is -0.352 e. The van der Waals surface area contributed by atoms with Gasteiger partial charge < -0.3 is 14.7 Å². The first-order chi connectivity index (χ1) is 14.9. The summed E-state index contributed by atoms with van der Waals surface area (Å²) in [6.07, 6.45) is 0.470. The molecule has 2 heterocycles. The van der Waals surface area contributed by atoms with Crippen molar-refractivity contribution < 1.29 is 9.59 Å². The maximum Gasteiger partial charge on any atom is 0.242 e. The zero-order valence-corrected chi connectivity index (χ0v) is 19.2. The molecule has 2 amide bonds. The molecule has 0 saturated carbocycles. The lowest BCUT2D eigenvalue weighted by molar-refractivity contribution is -0.141. The lowest BCUT2D eigenvalue weighted by atomic mass is 10.1. The SMILES string of the molecule is CCN(CC(=O)N1CCN(c2ccc(-c3ccccc3Cl)nn2)CC1)C(=O)CC(C)C. The van der Waals surface area contributed by atoms with Gasteiger partial charge in [-0.2, -0.15) is 0 Å². The van der Waals surface area contributed by atoms with Gasteiger partial charge in [0, 0.05) is 44.7 Å². The summed E-state index contributed by atoms with van der Waals surface area (Å²) in [5.41, 5.74) is 1.58. The number of hydrogen-bond acceptors (Lipinski definition) is 5. The van der Waals surface area contributed by atoms with Crippen molar-refractivity contribution in [2.45, 2.75) is 27.2 Å². The van der Waals surface area contributed by atoms with E-state index in [2.05, 4.69) is 15.1 Å². The predicted molar refractivity (Wildman–Crippen MR) is 123 cm³/mol. The van der Waals surface area contributed by atoms with E-state index in [1.807, 2.05) is 62.1 Å². The second-order valence-electron chi connectivity index (χ2n) is 8.13. The van der Waals surface area contributed by atoms with Gasteiger partial charge in [0.15, 0.2) is 5.82 Å². The molecule has 0 spiro atoms. The van der Waals surface area contributed by atoms with Crippen LogP contribution in [0.25, 0.3) is 11.3 Å². The monoisotopic (exact) mass is 443 g/mol. The minimum atomic E-state index is -0.00115. The predicted octanol–water partition coefficient (Wildman–Crippen LogP) is 3.34. The molecule has 2 aromatic rings.